The van der Waals surface area contributed by atoms with Gasteiger partial charge in [-0.25, -0.2) is 0 Å². The van der Waals surface area contributed by atoms with Gasteiger partial charge in [0.2, 0.25) is 5.91 Å². The lowest BCUT2D eigenvalue weighted by molar-refractivity contribution is -0.318. The monoisotopic (exact) mass is 519 g/mol. The first-order chi connectivity index (χ1) is 18.5. The fourth-order valence-electron chi connectivity index (χ4n) is 4.75. The number of rotatable bonds is 12. The molecule has 1 aliphatic heterocycles. The van der Waals surface area contributed by atoms with Crippen LogP contribution in [0.3, 0.4) is 0 Å². The minimum Gasteiger partial charge on any atom is -0.384 e. The van der Waals surface area contributed by atoms with E-state index in [2.05, 4.69) is 5.32 Å². The van der Waals surface area contributed by atoms with E-state index in [-0.39, 0.29) is 25.7 Å². The second-order valence-electron chi connectivity index (χ2n) is 9.58. The smallest absolute Gasteiger partial charge is 0.217 e. The van der Waals surface area contributed by atoms with Gasteiger partial charge in [0.15, 0.2) is 6.29 Å². The average Bonchev–Trinajstić information content (AvgIpc) is 2.94. The molecule has 7 heteroatoms. The molecule has 7 nitrogen and oxygen atoms in total. The van der Waals surface area contributed by atoms with E-state index in [0.717, 1.165) is 16.7 Å². The number of amides is 1. The predicted molar refractivity (Wildman–Crippen MR) is 144 cm³/mol. The second kappa shape index (κ2) is 13.6. The Bertz CT molecular complexity index is 1110. The highest BCUT2D eigenvalue weighted by Gasteiger charge is 2.56. The first-order valence-corrected chi connectivity index (χ1v) is 13.1. The minimum atomic E-state index is -1.44. The van der Waals surface area contributed by atoms with Crippen molar-refractivity contribution in [1.29, 1.82) is 0 Å². The first kappa shape index (κ1) is 28.0. The van der Waals surface area contributed by atoms with Gasteiger partial charge in [0, 0.05) is 6.92 Å². The number of ether oxygens (including phenoxy) is 4. The second-order valence-corrected chi connectivity index (χ2v) is 9.58. The molecule has 38 heavy (non-hydrogen) atoms. The van der Waals surface area contributed by atoms with Crippen molar-refractivity contribution >= 4 is 5.91 Å². The molecule has 202 valence electrons. The molecule has 0 aromatic heterocycles. The first-order valence-electron chi connectivity index (χ1n) is 13.1. The average molecular weight is 520 g/mol. The molecule has 0 bridgehead atoms. The summed E-state index contributed by atoms with van der Waals surface area (Å²) in [5.74, 6) is -0.266. The minimum absolute atomic E-state index is 0.127. The van der Waals surface area contributed by atoms with Crippen LogP contribution in [0.2, 0.25) is 0 Å². The van der Waals surface area contributed by atoms with E-state index in [9.17, 15) is 9.90 Å². The van der Waals surface area contributed by atoms with Crippen molar-refractivity contribution in [3.63, 3.8) is 0 Å². The number of benzene rings is 3. The van der Waals surface area contributed by atoms with Crippen LogP contribution in [-0.2, 0) is 43.6 Å². The third-order valence-corrected chi connectivity index (χ3v) is 6.81. The van der Waals surface area contributed by atoms with Gasteiger partial charge in [-0.05, 0) is 23.1 Å². The van der Waals surface area contributed by atoms with E-state index < -0.39 is 30.1 Å². The van der Waals surface area contributed by atoms with E-state index in [1.807, 2.05) is 97.9 Å². The van der Waals surface area contributed by atoms with Crippen molar-refractivity contribution in [3.05, 3.63) is 108 Å². The van der Waals surface area contributed by atoms with E-state index in [1.165, 1.54) is 6.92 Å². The number of aliphatic hydroxyl groups is 1. The SMILES string of the molecule is CC[C@]1(O)[C@H](OCc2ccccc2)[C@@H](NC(C)=O)[C@@H](OCc2ccccc2)O[C@@H]1COCc1ccccc1. The molecular weight excluding hydrogens is 482 g/mol. The Morgan fingerprint density at radius 3 is 1.84 bits per heavy atom. The quantitative estimate of drug-likeness (QED) is 0.370. The fraction of sp³-hybridized carbons (Fsp3) is 0.387. The van der Waals surface area contributed by atoms with Gasteiger partial charge in [-0.15, -0.1) is 0 Å². The standard InChI is InChI=1S/C31H37NO6/c1-3-31(34)27(22-35-19-24-13-7-4-8-14-24)38-30(37-21-26-17-11-6-12-18-26)28(32-23(2)33)29(31)36-20-25-15-9-5-10-16-25/h4-18,27-30,34H,3,19-22H2,1-2H3,(H,32,33)/t27-,28-,29-,30+,31-/m1/s1. The Balaban J connectivity index is 1.58. The summed E-state index contributed by atoms with van der Waals surface area (Å²) >= 11 is 0. The highest BCUT2D eigenvalue weighted by Crippen LogP contribution is 2.36. The van der Waals surface area contributed by atoms with Crippen LogP contribution in [0, 0.1) is 0 Å². The molecule has 5 atom stereocenters. The predicted octanol–water partition coefficient (Wildman–Crippen LogP) is 4.38. The molecule has 2 N–H and O–H groups in total. The van der Waals surface area contributed by atoms with Crippen molar-refractivity contribution in [2.75, 3.05) is 6.61 Å². The van der Waals surface area contributed by atoms with Gasteiger partial charge >= 0.3 is 0 Å². The lowest BCUT2D eigenvalue weighted by Gasteiger charge is -2.51. The van der Waals surface area contributed by atoms with Crippen LogP contribution in [-0.4, -0.2) is 47.8 Å². The zero-order chi connectivity index (χ0) is 26.8. The lowest BCUT2D eigenvalue weighted by Crippen LogP contribution is -2.71. The summed E-state index contributed by atoms with van der Waals surface area (Å²) in [6.07, 6.45) is -2.09. The Labute approximate surface area is 224 Å². The molecule has 1 saturated heterocycles. The zero-order valence-electron chi connectivity index (χ0n) is 22.0. The summed E-state index contributed by atoms with van der Waals surface area (Å²) in [6, 6.07) is 28.6. The van der Waals surface area contributed by atoms with Crippen LogP contribution in [0.4, 0.5) is 0 Å². The Hall–Kier alpha value is -3.07. The number of carbonyl (C=O) groups is 1. The van der Waals surface area contributed by atoms with Gasteiger partial charge in [-0.1, -0.05) is 97.9 Å². The number of nitrogens with one attached hydrogen (secondary N) is 1. The third kappa shape index (κ3) is 7.28. The summed E-state index contributed by atoms with van der Waals surface area (Å²) in [5, 5.41) is 15.0. The molecule has 0 radical (unpaired) electrons. The van der Waals surface area contributed by atoms with Crippen molar-refractivity contribution in [2.45, 2.75) is 70.2 Å². The van der Waals surface area contributed by atoms with Crippen LogP contribution in [0.5, 0.6) is 0 Å². The van der Waals surface area contributed by atoms with Crippen molar-refractivity contribution in [3.8, 4) is 0 Å². The summed E-state index contributed by atoms with van der Waals surface area (Å²) in [5.41, 5.74) is 1.50. The van der Waals surface area contributed by atoms with Crippen LogP contribution in [0.1, 0.15) is 37.0 Å². The lowest BCUT2D eigenvalue weighted by atomic mass is 9.80. The maximum Gasteiger partial charge on any atom is 0.217 e. The van der Waals surface area contributed by atoms with E-state index in [1.54, 1.807) is 0 Å². The van der Waals surface area contributed by atoms with E-state index >= 15 is 0 Å². The molecule has 1 aliphatic rings. The Morgan fingerprint density at radius 2 is 1.34 bits per heavy atom. The molecule has 3 aromatic carbocycles. The van der Waals surface area contributed by atoms with Crippen molar-refractivity contribution in [1.82, 2.24) is 5.32 Å². The number of carbonyl (C=O) groups excluding carboxylic acids is 1. The molecule has 1 fully saturated rings. The molecule has 0 spiro atoms. The highest BCUT2D eigenvalue weighted by atomic mass is 16.7. The molecule has 0 saturated carbocycles. The highest BCUT2D eigenvalue weighted by molar-refractivity contribution is 5.73. The number of hydrogen-bond acceptors (Lipinski definition) is 6. The zero-order valence-corrected chi connectivity index (χ0v) is 22.0. The Morgan fingerprint density at radius 1 is 0.842 bits per heavy atom. The van der Waals surface area contributed by atoms with Crippen LogP contribution >= 0.6 is 0 Å². The molecule has 0 aliphatic carbocycles. The van der Waals surface area contributed by atoms with E-state index in [4.69, 9.17) is 18.9 Å². The summed E-state index contributed by atoms with van der Waals surface area (Å²) in [6.45, 7) is 4.34. The molecule has 1 amide bonds. The van der Waals surface area contributed by atoms with Gasteiger partial charge in [-0.3, -0.25) is 4.79 Å². The van der Waals surface area contributed by atoms with Gasteiger partial charge in [0.1, 0.15) is 23.9 Å². The van der Waals surface area contributed by atoms with Crippen LogP contribution in [0.25, 0.3) is 0 Å². The van der Waals surface area contributed by atoms with Gasteiger partial charge in [0.05, 0.1) is 26.4 Å². The summed E-state index contributed by atoms with van der Waals surface area (Å²) in [7, 11) is 0. The molecule has 0 unspecified atom stereocenters. The van der Waals surface area contributed by atoms with E-state index in [0.29, 0.717) is 13.0 Å². The summed E-state index contributed by atoms with van der Waals surface area (Å²) < 4.78 is 25.0. The molecule has 1 heterocycles. The maximum atomic E-state index is 12.3. The van der Waals surface area contributed by atoms with Gasteiger partial charge in [0.25, 0.3) is 0 Å². The molecular formula is C31H37NO6. The van der Waals surface area contributed by atoms with Crippen LogP contribution in [0.15, 0.2) is 91.0 Å². The van der Waals surface area contributed by atoms with Crippen LogP contribution < -0.4 is 5.32 Å². The van der Waals surface area contributed by atoms with Gasteiger partial charge < -0.3 is 29.4 Å². The molecule has 4 rings (SSSR count). The normalized spacial score (nSPS) is 25.1. The Kier molecular flexibility index (Phi) is 10.0. The van der Waals surface area contributed by atoms with Crippen molar-refractivity contribution in [2.24, 2.45) is 0 Å². The molecule has 3 aromatic rings. The number of hydrogen-bond donors (Lipinski definition) is 2. The third-order valence-electron chi connectivity index (χ3n) is 6.81. The fourth-order valence-corrected chi connectivity index (χ4v) is 4.75. The topological polar surface area (TPSA) is 86.3 Å². The largest absolute Gasteiger partial charge is 0.384 e. The van der Waals surface area contributed by atoms with Gasteiger partial charge in [-0.2, -0.15) is 0 Å². The summed E-state index contributed by atoms with van der Waals surface area (Å²) in [4.78, 5) is 12.3. The maximum absolute atomic E-state index is 12.3. The van der Waals surface area contributed by atoms with Crippen molar-refractivity contribution < 1.29 is 28.8 Å².